The first-order chi connectivity index (χ1) is 18.7. The number of rotatable bonds is 8. The number of fused-ring (bicyclic) bond motifs is 1. The second-order valence-corrected chi connectivity index (χ2v) is 10.7. The lowest BCUT2D eigenvalue weighted by molar-refractivity contribution is -0.192. The molecule has 1 fully saturated rings. The number of alkyl halides is 3. The van der Waals surface area contributed by atoms with Gasteiger partial charge >= 0.3 is 12.1 Å². The fourth-order valence-electron chi connectivity index (χ4n) is 3.84. The van der Waals surface area contributed by atoms with Crippen molar-refractivity contribution >= 4 is 38.3 Å². The summed E-state index contributed by atoms with van der Waals surface area (Å²) in [5.41, 5.74) is 6.64. The Morgan fingerprint density at radius 3 is 2.50 bits per heavy atom. The molecule has 0 spiro atoms. The number of ether oxygens (including phenoxy) is 1. The monoisotopic (exact) mass is 581 g/mol. The number of hydrogen-bond acceptors (Lipinski definition) is 8. The van der Waals surface area contributed by atoms with E-state index < -0.39 is 28.0 Å². The molecule has 1 amide bonds. The number of nitrogens with one attached hydrogen (secondary N) is 2. The number of hydrogen-bond donors (Lipinski definition) is 4. The van der Waals surface area contributed by atoms with Crippen LogP contribution >= 0.6 is 0 Å². The predicted molar refractivity (Wildman–Crippen MR) is 138 cm³/mol. The molecule has 1 aliphatic rings. The van der Waals surface area contributed by atoms with Gasteiger partial charge in [0.05, 0.1) is 18.0 Å². The van der Waals surface area contributed by atoms with Crippen LogP contribution in [0, 0.1) is 5.41 Å². The zero-order valence-corrected chi connectivity index (χ0v) is 21.9. The Morgan fingerprint density at radius 2 is 1.88 bits per heavy atom. The highest BCUT2D eigenvalue weighted by Gasteiger charge is 2.38. The van der Waals surface area contributed by atoms with E-state index in [0.717, 1.165) is 16.3 Å². The van der Waals surface area contributed by atoms with E-state index in [-0.39, 0.29) is 22.5 Å². The standard InChI is InChI=1S/C23H25N5O4S.C2HF3O2/c1-32-18-4-2-16-3-5-19(12-17(16)11-18)33(30,31)14-27-20-7-9-28(23(20)29)13-15-6-8-26-21(10-15)22(24)25;3-2(4,5)1(6)7/h2-6,8,10-12,20,27H,7,9,13-14H2,1H3,(H3,24,25);(H,6,7)/t20-;/m0./s1. The predicted octanol–water partition coefficient (Wildman–Crippen LogP) is 2.28. The van der Waals surface area contributed by atoms with E-state index in [0.29, 0.717) is 31.0 Å². The molecule has 214 valence electrons. The van der Waals surface area contributed by atoms with Gasteiger partial charge < -0.3 is 20.5 Å². The average molecular weight is 582 g/mol. The van der Waals surface area contributed by atoms with Gasteiger partial charge in [-0.05, 0) is 59.2 Å². The summed E-state index contributed by atoms with van der Waals surface area (Å²) in [6.07, 6.45) is -3.03. The summed E-state index contributed by atoms with van der Waals surface area (Å²) in [6, 6.07) is 13.3. The van der Waals surface area contributed by atoms with Crippen molar-refractivity contribution in [1.29, 1.82) is 5.41 Å². The lowest BCUT2D eigenvalue weighted by Crippen LogP contribution is -2.40. The first kappa shape index (κ1) is 30.3. The Hall–Kier alpha value is -4.24. The molecule has 0 unspecified atom stereocenters. The molecule has 5 N–H and O–H groups in total. The third kappa shape index (κ3) is 7.66. The molecule has 15 heteroatoms. The molecule has 1 aromatic heterocycles. The Kier molecular flexibility index (Phi) is 9.32. The van der Waals surface area contributed by atoms with Gasteiger partial charge in [-0.3, -0.25) is 20.5 Å². The van der Waals surface area contributed by atoms with Gasteiger partial charge in [0, 0.05) is 19.3 Å². The number of aliphatic carboxylic acids is 1. The highest BCUT2D eigenvalue weighted by atomic mass is 32.2. The number of benzene rings is 2. The number of carbonyl (C=O) groups excluding carboxylic acids is 1. The Labute approximate surface area is 227 Å². The molecule has 2 heterocycles. The summed E-state index contributed by atoms with van der Waals surface area (Å²) in [7, 11) is -2.08. The highest BCUT2D eigenvalue weighted by molar-refractivity contribution is 7.91. The van der Waals surface area contributed by atoms with Crippen molar-refractivity contribution in [3.05, 3.63) is 66.0 Å². The van der Waals surface area contributed by atoms with Crippen LogP contribution in [0.2, 0.25) is 0 Å². The van der Waals surface area contributed by atoms with Gasteiger partial charge in [-0.15, -0.1) is 0 Å². The quantitative estimate of drug-likeness (QED) is 0.230. The van der Waals surface area contributed by atoms with E-state index in [1.165, 1.54) is 0 Å². The van der Waals surface area contributed by atoms with Crippen molar-refractivity contribution in [2.75, 3.05) is 19.5 Å². The molecule has 1 atom stereocenters. The topological polar surface area (TPSA) is 176 Å². The summed E-state index contributed by atoms with van der Waals surface area (Å²) in [6.45, 7) is 0.850. The fourth-order valence-corrected chi connectivity index (χ4v) is 5.01. The number of aromatic nitrogens is 1. The summed E-state index contributed by atoms with van der Waals surface area (Å²) in [5, 5.41) is 19.2. The number of methoxy groups -OCH3 is 1. The Bertz CT molecular complexity index is 1530. The maximum atomic E-state index is 12.9. The normalized spacial score (nSPS) is 15.4. The molecular weight excluding hydrogens is 555 g/mol. The van der Waals surface area contributed by atoms with Gasteiger partial charge in [-0.2, -0.15) is 13.2 Å². The molecule has 4 rings (SSSR count). The van der Waals surface area contributed by atoms with Crippen LogP contribution in [0.25, 0.3) is 10.8 Å². The SMILES string of the molecule is COc1ccc2ccc(S(=O)(=O)CN[C@H]3CCN(Cc4ccnc(C(=N)N)c4)C3=O)cc2c1.O=C(O)C(F)(F)F. The molecule has 0 aliphatic carbocycles. The number of carbonyl (C=O) groups is 2. The molecular formula is C25H26F3N5O6S. The zero-order valence-electron chi connectivity index (χ0n) is 21.1. The van der Waals surface area contributed by atoms with Crippen LogP contribution < -0.4 is 15.8 Å². The molecule has 0 saturated carbocycles. The first-order valence-corrected chi connectivity index (χ1v) is 13.3. The van der Waals surface area contributed by atoms with Crippen molar-refractivity contribution in [3.63, 3.8) is 0 Å². The van der Waals surface area contributed by atoms with Crippen LogP contribution in [0.5, 0.6) is 5.75 Å². The summed E-state index contributed by atoms with van der Waals surface area (Å²) >= 11 is 0. The molecule has 11 nitrogen and oxygen atoms in total. The number of sulfone groups is 1. The van der Waals surface area contributed by atoms with E-state index in [1.807, 2.05) is 12.1 Å². The number of nitrogens with zero attached hydrogens (tertiary/aromatic N) is 2. The van der Waals surface area contributed by atoms with E-state index in [4.69, 9.17) is 25.8 Å². The van der Waals surface area contributed by atoms with Gasteiger partial charge in [0.2, 0.25) is 5.91 Å². The van der Waals surface area contributed by atoms with Gasteiger partial charge in [-0.25, -0.2) is 13.2 Å². The summed E-state index contributed by atoms with van der Waals surface area (Å²) in [5.74, 6) is -2.74. The third-order valence-electron chi connectivity index (χ3n) is 5.91. The third-order valence-corrected chi connectivity index (χ3v) is 7.43. The number of amides is 1. The van der Waals surface area contributed by atoms with Gasteiger partial charge in [0.1, 0.15) is 23.2 Å². The van der Waals surface area contributed by atoms with E-state index in [2.05, 4.69) is 10.3 Å². The van der Waals surface area contributed by atoms with Crippen LogP contribution in [-0.2, 0) is 26.0 Å². The van der Waals surface area contributed by atoms with Crippen molar-refractivity contribution in [2.24, 2.45) is 5.73 Å². The number of nitrogen functional groups attached to an aromatic ring is 1. The average Bonchev–Trinajstić information content (AvgIpc) is 3.25. The number of nitrogens with two attached hydrogens (primary N) is 1. The highest BCUT2D eigenvalue weighted by Crippen LogP contribution is 2.24. The summed E-state index contributed by atoms with van der Waals surface area (Å²) in [4.78, 5) is 27.6. The minimum Gasteiger partial charge on any atom is -0.497 e. The van der Waals surface area contributed by atoms with Crippen molar-refractivity contribution < 1.29 is 41.0 Å². The lowest BCUT2D eigenvalue weighted by Gasteiger charge is -2.17. The largest absolute Gasteiger partial charge is 0.497 e. The molecule has 3 aromatic rings. The zero-order chi connectivity index (χ0) is 29.7. The molecule has 1 aliphatic heterocycles. The maximum Gasteiger partial charge on any atom is 0.490 e. The van der Waals surface area contributed by atoms with Crippen LogP contribution in [0.4, 0.5) is 13.2 Å². The summed E-state index contributed by atoms with van der Waals surface area (Å²) < 4.78 is 62.8. The number of pyridine rings is 1. The molecule has 2 aromatic carbocycles. The smallest absolute Gasteiger partial charge is 0.490 e. The Morgan fingerprint density at radius 1 is 1.20 bits per heavy atom. The molecule has 0 bridgehead atoms. The van der Waals surface area contributed by atoms with Crippen molar-refractivity contribution in [1.82, 2.24) is 15.2 Å². The van der Waals surface area contributed by atoms with Gasteiger partial charge in [0.25, 0.3) is 0 Å². The van der Waals surface area contributed by atoms with E-state index >= 15 is 0 Å². The fraction of sp³-hybridized carbons (Fsp3) is 0.280. The minimum atomic E-state index is -5.08. The number of halogens is 3. The van der Waals surface area contributed by atoms with Crippen LogP contribution in [0.1, 0.15) is 17.7 Å². The number of amidine groups is 1. The lowest BCUT2D eigenvalue weighted by atomic mass is 10.1. The van der Waals surface area contributed by atoms with Crippen LogP contribution in [0.3, 0.4) is 0 Å². The first-order valence-electron chi connectivity index (χ1n) is 11.6. The molecule has 40 heavy (non-hydrogen) atoms. The second-order valence-electron chi connectivity index (χ2n) is 8.71. The van der Waals surface area contributed by atoms with Crippen molar-refractivity contribution in [3.8, 4) is 5.75 Å². The number of likely N-dealkylation sites (tertiary alicyclic amines) is 1. The second kappa shape index (κ2) is 12.3. The number of carboxylic acid groups (broad SMARTS) is 1. The van der Waals surface area contributed by atoms with Crippen LogP contribution in [0.15, 0.2) is 59.6 Å². The van der Waals surface area contributed by atoms with Gasteiger partial charge in [-0.1, -0.05) is 12.1 Å². The van der Waals surface area contributed by atoms with E-state index in [1.54, 1.807) is 54.6 Å². The molecule has 0 radical (unpaired) electrons. The van der Waals surface area contributed by atoms with Gasteiger partial charge in [0.15, 0.2) is 9.84 Å². The number of carboxylic acids is 1. The Balaban J connectivity index is 0.000000559. The maximum absolute atomic E-state index is 12.9. The van der Waals surface area contributed by atoms with E-state index in [9.17, 15) is 26.4 Å². The van der Waals surface area contributed by atoms with Crippen LogP contribution in [-0.4, -0.2) is 72.9 Å². The van der Waals surface area contributed by atoms with Crippen molar-refractivity contribution in [2.45, 2.75) is 30.1 Å². The molecule has 1 saturated heterocycles. The minimum absolute atomic E-state index is 0.138.